The number of halogens is 2. The van der Waals surface area contributed by atoms with E-state index in [0.717, 1.165) is 0 Å². The molecule has 0 spiro atoms. The molecule has 2 N–H and O–H groups in total. The van der Waals surface area contributed by atoms with Crippen LogP contribution in [-0.2, 0) is 16.0 Å². The lowest BCUT2D eigenvalue weighted by molar-refractivity contribution is -0.115. The van der Waals surface area contributed by atoms with Gasteiger partial charge in [0.2, 0.25) is 11.8 Å². The van der Waals surface area contributed by atoms with E-state index in [1.54, 1.807) is 42.5 Å². The summed E-state index contributed by atoms with van der Waals surface area (Å²) in [6, 6.07) is 11.9. The molecule has 0 saturated carbocycles. The molecule has 2 aromatic carbocycles. The predicted molar refractivity (Wildman–Crippen MR) is 89.5 cm³/mol. The van der Waals surface area contributed by atoms with Crippen molar-refractivity contribution in [1.82, 2.24) is 0 Å². The largest absolute Gasteiger partial charge is 0.326 e. The minimum absolute atomic E-state index is 0.139. The van der Waals surface area contributed by atoms with Gasteiger partial charge in [0.05, 0.1) is 6.42 Å². The van der Waals surface area contributed by atoms with Crippen LogP contribution in [0.1, 0.15) is 12.5 Å². The van der Waals surface area contributed by atoms with Crippen molar-refractivity contribution in [3.8, 4) is 0 Å². The van der Waals surface area contributed by atoms with Gasteiger partial charge in [-0.25, -0.2) is 0 Å². The maximum absolute atomic E-state index is 12.1. The summed E-state index contributed by atoms with van der Waals surface area (Å²) in [5.74, 6) is -0.374. The predicted octanol–water partition coefficient (Wildman–Crippen LogP) is 4.13. The van der Waals surface area contributed by atoms with Crippen LogP contribution in [0.3, 0.4) is 0 Å². The third-order valence-electron chi connectivity index (χ3n) is 2.83. The molecule has 6 heteroatoms. The van der Waals surface area contributed by atoms with Gasteiger partial charge < -0.3 is 10.6 Å². The highest BCUT2D eigenvalue weighted by atomic mass is 35.5. The van der Waals surface area contributed by atoms with Crippen LogP contribution >= 0.6 is 23.2 Å². The molecule has 0 aliphatic carbocycles. The monoisotopic (exact) mass is 336 g/mol. The molecule has 0 atom stereocenters. The van der Waals surface area contributed by atoms with Crippen molar-refractivity contribution in [3.63, 3.8) is 0 Å². The van der Waals surface area contributed by atoms with Crippen LogP contribution in [0.5, 0.6) is 0 Å². The molecule has 0 radical (unpaired) electrons. The second kappa shape index (κ2) is 7.29. The molecule has 0 fully saturated rings. The molecule has 0 aliphatic heterocycles. The van der Waals surface area contributed by atoms with Gasteiger partial charge in [-0.2, -0.15) is 0 Å². The lowest BCUT2D eigenvalue weighted by Crippen LogP contribution is -2.15. The van der Waals surface area contributed by atoms with Gasteiger partial charge in [0.1, 0.15) is 0 Å². The first-order valence-corrected chi connectivity index (χ1v) is 7.31. The summed E-state index contributed by atoms with van der Waals surface area (Å²) in [6.07, 6.45) is 0.139. The standard InChI is InChI=1S/C16H14Cl2N2O2/c1-10(21)19-13-3-2-4-14(9-13)20-16(22)7-11-5-6-12(17)8-15(11)18/h2-6,8-9H,7H2,1H3,(H,19,21)(H,20,22). The van der Waals surface area contributed by atoms with Crippen molar-refractivity contribution in [2.75, 3.05) is 10.6 Å². The SMILES string of the molecule is CC(=O)Nc1cccc(NC(=O)Cc2ccc(Cl)cc2Cl)c1. The van der Waals surface area contributed by atoms with Gasteiger partial charge in [0.15, 0.2) is 0 Å². The molecule has 0 saturated heterocycles. The molecule has 0 bridgehead atoms. The maximum Gasteiger partial charge on any atom is 0.228 e. The topological polar surface area (TPSA) is 58.2 Å². The zero-order chi connectivity index (χ0) is 16.1. The zero-order valence-corrected chi connectivity index (χ0v) is 13.3. The Bertz CT molecular complexity index is 717. The Morgan fingerprint density at radius 2 is 1.68 bits per heavy atom. The number of amides is 2. The van der Waals surface area contributed by atoms with Crippen molar-refractivity contribution in [2.24, 2.45) is 0 Å². The van der Waals surface area contributed by atoms with Gasteiger partial charge in [0.25, 0.3) is 0 Å². The van der Waals surface area contributed by atoms with Crippen molar-refractivity contribution >= 4 is 46.4 Å². The summed E-state index contributed by atoms with van der Waals surface area (Å²) in [5.41, 5.74) is 1.91. The Kier molecular flexibility index (Phi) is 5.41. The lowest BCUT2D eigenvalue weighted by Gasteiger charge is -2.09. The van der Waals surface area contributed by atoms with Crippen LogP contribution in [0.25, 0.3) is 0 Å². The highest BCUT2D eigenvalue weighted by Gasteiger charge is 2.08. The van der Waals surface area contributed by atoms with Gasteiger partial charge in [-0.3, -0.25) is 9.59 Å². The van der Waals surface area contributed by atoms with Crippen molar-refractivity contribution in [3.05, 3.63) is 58.1 Å². The molecule has 22 heavy (non-hydrogen) atoms. The highest BCUT2D eigenvalue weighted by molar-refractivity contribution is 6.35. The normalized spacial score (nSPS) is 10.1. The Hall–Kier alpha value is -2.04. The first kappa shape index (κ1) is 16.3. The van der Waals surface area contributed by atoms with E-state index in [2.05, 4.69) is 10.6 Å². The third-order valence-corrected chi connectivity index (χ3v) is 3.42. The molecular formula is C16H14Cl2N2O2. The second-order valence-corrected chi connectivity index (χ2v) is 5.57. The number of rotatable bonds is 4. The average Bonchev–Trinajstić information content (AvgIpc) is 2.41. The molecule has 0 heterocycles. The minimum Gasteiger partial charge on any atom is -0.326 e. The van der Waals surface area contributed by atoms with Crippen molar-refractivity contribution in [2.45, 2.75) is 13.3 Å². The van der Waals surface area contributed by atoms with Crippen LogP contribution in [0.4, 0.5) is 11.4 Å². The first-order chi connectivity index (χ1) is 10.4. The van der Waals surface area contributed by atoms with Crippen LogP contribution in [0, 0.1) is 0 Å². The molecule has 4 nitrogen and oxygen atoms in total. The fourth-order valence-electron chi connectivity index (χ4n) is 1.92. The van der Waals surface area contributed by atoms with Crippen molar-refractivity contribution < 1.29 is 9.59 Å². The summed E-state index contributed by atoms with van der Waals surface area (Å²) in [4.78, 5) is 23.1. The lowest BCUT2D eigenvalue weighted by atomic mass is 10.1. The Morgan fingerprint density at radius 3 is 2.32 bits per heavy atom. The van der Waals surface area contributed by atoms with E-state index in [4.69, 9.17) is 23.2 Å². The third kappa shape index (κ3) is 4.76. The number of carbonyl (C=O) groups is 2. The molecule has 114 valence electrons. The van der Waals surface area contributed by atoms with E-state index >= 15 is 0 Å². The molecular weight excluding hydrogens is 323 g/mol. The average molecular weight is 337 g/mol. The molecule has 0 aromatic heterocycles. The summed E-state index contributed by atoms with van der Waals surface area (Å²) in [7, 11) is 0. The zero-order valence-electron chi connectivity index (χ0n) is 11.8. The van der Waals surface area contributed by atoms with E-state index in [9.17, 15) is 9.59 Å². The number of anilines is 2. The summed E-state index contributed by atoms with van der Waals surface area (Å²) < 4.78 is 0. The Balaban J connectivity index is 2.04. The molecule has 0 aliphatic rings. The van der Waals surface area contributed by atoms with E-state index in [1.807, 2.05) is 0 Å². The quantitative estimate of drug-likeness (QED) is 0.881. The van der Waals surface area contributed by atoms with E-state index < -0.39 is 0 Å². The molecule has 2 amide bonds. The fourth-order valence-corrected chi connectivity index (χ4v) is 2.40. The second-order valence-electron chi connectivity index (χ2n) is 4.72. The van der Waals surface area contributed by atoms with E-state index in [1.165, 1.54) is 6.92 Å². The smallest absolute Gasteiger partial charge is 0.228 e. The summed E-state index contributed by atoms with van der Waals surface area (Å²) >= 11 is 11.9. The van der Waals surface area contributed by atoms with Gasteiger partial charge in [-0.1, -0.05) is 35.3 Å². The summed E-state index contributed by atoms with van der Waals surface area (Å²) in [6.45, 7) is 1.42. The molecule has 0 unspecified atom stereocenters. The highest BCUT2D eigenvalue weighted by Crippen LogP contribution is 2.22. The number of carbonyl (C=O) groups excluding carboxylic acids is 2. The van der Waals surface area contributed by atoms with Crippen LogP contribution in [-0.4, -0.2) is 11.8 Å². The van der Waals surface area contributed by atoms with Gasteiger partial charge in [0, 0.05) is 28.3 Å². The minimum atomic E-state index is -0.204. The molecule has 2 aromatic rings. The maximum atomic E-state index is 12.1. The number of hydrogen-bond acceptors (Lipinski definition) is 2. The number of benzene rings is 2. The molecule has 2 rings (SSSR count). The summed E-state index contributed by atoms with van der Waals surface area (Å²) in [5, 5.41) is 6.40. The fraction of sp³-hybridized carbons (Fsp3) is 0.125. The van der Waals surface area contributed by atoms with E-state index in [0.29, 0.717) is 27.0 Å². The Labute approximate surface area is 138 Å². The first-order valence-electron chi connectivity index (χ1n) is 6.55. The number of hydrogen-bond donors (Lipinski definition) is 2. The Morgan fingerprint density at radius 1 is 1.00 bits per heavy atom. The van der Waals surface area contributed by atoms with Crippen LogP contribution < -0.4 is 10.6 Å². The van der Waals surface area contributed by atoms with Gasteiger partial charge in [-0.05, 0) is 35.9 Å². The van der Waals surface area contributed by atoms with Gasteiger partial charge in [-0.15, -0.1) is 0 Å². The van der Waals surface area contributed by atoms with Gasteiger partial charge >= 0.3 is 0 Å². The van der Waals surface area contributed by atoms with Crippen LogP contribution in [0.15, 0.2) is 42.5 Å². The number of nitrogens with one attached hydrogen (secondary N) is 2. The van der Waals surface area contributed by atoms with Crippen molar-refractivity contribution in [1.29, 1.82) is 0 Å². The van der Waals surface area contributed by atoms with Crippen LogP contribution in [0.2, 0.25) is 10.0 Å². The van der Waals surface area contributed by atoms with E-state index in [-0.39, 0.29) is 18.2 Å².